The maximum atomic E-state index is 13.6. The van der Waals surface area contributed by atoms with Gasteiger partial charge in [0.2, 0.25) is 10.0 Å². The van der Waals surface area contributed by atoms with Crippen LogP contribution in [0.25, 0.3) is 0 Å². The summed E-state index contributed by atoms with van der Waals surface area (Å²) in [5, 5.41) is 0. The van der Waals surface area contributed by atoms with Crippen molar-refractivity contribution in [3.63, 3.8) is 0 Å². The molecule has 1 rings (SSSR count). The van der Waals surface area contributed by atoms with Crippen molar-refractivity contribution in [2.75, 3.05) is 19.4 Å². The fourth-order valence-corrected chi connectivity index (χ4v) is 2.79. The second kappa shape index (κ2) is 5.63. The zero-order valence-electron chi connectivity index (χ0n) is 9.24. The summed E-state index contributed by atoms with van der Waals surface area (Å²) in [5.41, 5.74) is 5.50. The smallest absolute Gasteiger partial charge is 0.320 e. The highest BCUT2D eigenvalue weighted by atomic mass is 79.9. The molecule has 100 valence electrons. The van der Waals surface area contributed by atoms with E-state index in [0.717, 1.165) is 13.2 Å². The topological polar surface area (TPSA) is 98.5 Å². The van der Waals surface area contributed by atoms with Crippen LogP contribution < -0.4 is 10.5 Å². The Kier molecular flexibility index (Phi) is 4.65. The molecule has 9 heteroatoms. The summed E-state index contributed by atoms with van der Waals surface area (Å²) < 4.78 is 43.2. The van der Waals surface area contributed by atoms with Crippen molar-refractivity contribution < 1.29 is 22.3 Å². The van der Waals surface area contributed by atoms with Crippen molar-refractivity contribution in [1.29, 1.82) is 0 Å². The van der Waals surface area contributed by atoms with Crippen LogP contribution in [-0.4, -0.2) is 28.0 Å². The number of nitrogens with one attached hydrogen (secondary N) is 1. The van der Waals surface area contributed by atoms with E-state index in [1.54, 1.807) is 0 Å². The Hall–Kier alpha value is -1.19. The lowest BCUT2D eigenvalue weighted by molar-refractivity contribution is -0.139. The SMILES string of the molecule is COC(=O)CNS(=O)(=O)c1cc(N)cc(Br)c1F. The standard InChI is InChI=1S/C9H10BrFN2O4S/c1-17-8(14)4-13-18(15,16)7-3-5(12)2-6(10)9(7)11/h2-3,13H,4,12H2,1H3. The highest BCUT2D eigenvalue weighted by Crippen LogP contribution is 2.25. The van der Waals surface area contributed by atoms with E-state index >= 15 is 0 Å². The lowest BCUT2D eigenvalue weighted by atomic mass is 10.3. The fourth-order valence-electron chi connectivity index (χ4n) is 1.08. The molecule has 1 aromatic rings. The molecule has 0 aliphatic heterocycles. The van der Waals surface area contributed by atoms with E-state index < -0.39 is 33.3 Å². The fraction of sp³-hybridized carbons (Fsp3) is 0.222. The number of sulfonamides is 1. The molecule has 0 aliphatic rings. The predicted molar refractivity (Wildman–Crippen MR) is 65.7 cm³/mol. The Morgan fingerprint density at radius 3 is 2.72 bits per heavy atom. The lowest BCUT2D eigenvalue weighted by Gasteiger charge is -2.08. The van der Waals surface area contributed by atoms with E-state index in [2.05, 4.69) is 20.7 Å². The molecule has 18 heavy (non-hydrogen) atoms. The number of carbonyl (C=O) groups is 1. The minimum atomic E-state index is -4.18. The number of hydrogen-bond donors (Lipinski definition) is 2. The summed E-state index contributed by atoms with van der Waals surface area (Å²) in [6, 6.07) is 2.19. The molecule has 0 saturated carbocycles. The number of carbonyl (C=O) groups excluding carboxylic acids is 1. The third kappa shape index (κ3) is 3.40. The Labute approximate surface area is 111 Å². The summed E-state index contributed by atoms with van der Waals surface area (Å²) in [6.45, 7) is -0.593. The van der Waals surface area contributed by atoms with Gasteiger partial charge in [0.15, 0.2) is 5.82 Å². The second-order valence-electron chi connectivity index (χ2n) is 3.22. The predicted octanol–water partition coefficient (Wildman–Crippen LogP) is 0.622. The molecule has 0 amide bonds. The van der Waals surface area contributed by atoms with Gasteiger partial charge in [-0.3, -0.25) is 4.79 Å². The number of hydrogen-bond acceptors (Lipinski definition) is 5. The second-order valence-corrected chi connectivity index (χ2v) is 5.81. The maximum Gasteiger partial charge on any atom is 0.320 e. The minimum Gasteiger partial charge on any atom is -0.468 e. The highest BCUT2D eigenvalue weighted by Gasteiger charge is 2.22. The first-order chi connectivity index (χ1) is 8.27. The van der Waals surface area contributed by atoms with Gasteiger partial charge in [0, 0.05) is 5.69 Å². The third-order valence-corrected chi connectivity index (χ3v) is 3.92. The number of benzene rings is 1. The van der Waals surface area contributed by atoms with Gasteiger partial charge in [0.25, 0.3) is 0 Å². The first kappa shape index (κ1) is 14.9. The number of anilines is 1. The molecular formula is C9H10BrFN2O4S. The van der Waals surface area contributed by atoms with Gasteiger partial charge in [-0.25, -0.2) is 12.8 Å². The van der Waals surface area contributed by atoms with Crippen molar-refractivity contribution in [2.24, 2.45) is 0 Å². The van der Waals surface area contributed by atoms with E-state index in [0.29, 0.717) is 0 Å². The number of ether oxygens (including phenoxy) is 1. The summed E-state index contributed by atoms with van der Waals surface area (Å²) in [6.07, 6.45) is 0. The average molecular weight is 341 g/mol. The zero-order valence-corrected chi connectivity index (χ0v) is 11.6. The molecule has 6 nitrogen and oxygen atoms in total. The lowest BCUT2D eigenvalue weighted by Crippen LogP contribution is -2.31. The number of nitrogen functional groups attached to an aromatic ring is 1. The molecule has 0 saturated heterocycles. The first-order valence-electron chi connectivity index (χ1n) is 4.59. The van der Waals surface area contributed by atoms with Gasteiger partial charge < -0.3 is 10.5 Å². The maximum absolute atomic E-state index is 13.6. The number of methoxy groups -OCH3 is 1. The first-order valence-corrected chi connectivity index (χ1v) is 6.86. The number of rotatable bonds is 4. The van der Waals surface area contributed by atoms with Gasteiger partial charge in [0.05, 0.1) is 11.6 Å². The minimum absolute atomic E-state index is 0.0710. The van der Waals surface area contributed by atoms with Crippen molar-refractivity contribution in [3.05, 3.63) is 22.4 Å². The van der Waals surface area contributed by atoms with Crippen molar-refractivity contribution in [3.8, 4) is 0 Å². The van der Waals surface area contributed by atoms with E-state index in [1.807, 2.05) is 4.72 Å². The zero-order chi connectivity index (χ0) is 13.9. The van der Waals surface area contributed by atoms with Crippen LogP contribution in [0, 0.1) is 5.82 Å². The molecule has 0 heterocycles. The van der Waals surface area contributed by atoms with Gasteiger partial charge in [-0.2, -0.15) is 4.72 Å². The molecule has 0 bridgehead atoms. The van der Waals surface area contributed by atoms with Gasteiger partial charge in [-0.15, -0.1) is 0 Å². The van der Waals surface area contributed by atoms with Crippen LogP contribution in [0.1, 0.15) is 0 Å². The molecule has 0 fully saturated rings. The van der Waals surface area contributed by atoms with Crippen LogP contribution in [0.5, 0.6) is 0 Å². The summed E-state index contributed by atoms with van der Waals surface area (Å²) in [7, 11) is -3.07. The normalized spacial score (nSPS) is 11.3. The van der Waals surface area contributed by atoms with Crippen LogP contribution in [0.4, 0.5) is 10.1 Å². The molecule has 0 radical (unpaired) electrons. The summed E-state index contributed by atoms with van der Waals surface area (Å²) in [5.74, 6) is -1.77. The summed E-state index contributed by atoms with van der Waals surface area (Å²) >= 11 is 2.84. The number of nitrogens with two attached hydrogens (primary N) is 1. The van der Waals surface area contributed by atoms with Crippen molar-refractivity contribution in [2.45, 2.75) is 4.90 Å². The highest BCUT2D eigenvalue weighted by molar-refractivity contribution is 9.10. The molecule has 1 aromatic carbocycles. The van der Waals surface area contributed by atoms with Crippen LogP contribution in [0.2, 0.25) is 0 Å². The van der Waals surface area contributed by atoms with E-state index in [1.165, 1.54) is 6.07 Å². The quantitative estimate of drug-likeness (QED) is 0.618. The Morgan fingerprint density at radius 2 is 2.17 bits per heavy atom. The monoisotopic (exact) mass is 340 g/mol. The van der Waals surface area contributed by atoms with Crippen LogP contribution in [0.15, 0.2) is 21.5 Å². The Morgan fingerprint density at radius 1 is 1.56 bits per heavy atom. The molecule has 0 aromatic heterocycles. The van der Waals surface area contributed by atoms with E-state index in [-0.39, 0.29) is 10.2 Å². The number of halogens is 2. The third-order valence-electron chi connectivity index (χ3n) is 1.94. The molecular weight excluding hydrogens is 331 g/mol. The molecule has 0 aliphatic carbocycles. The Bertz CT molecular complexity index is 576. The molecule has 0 atom stereocenters. The Balaban J connectivity index is 3.09. The van der Waals surface area contributed by atoms with Crippen LogP contribution in [-0.2, 0) is 19.6 Å². The van der Waals surface area contributed by atoms with E-state index in [4.69, 9.17) is 5.73 Å². The largest absolute Gasteiger partial charge is 0.468 e. The molecule has 0 unspecified atom stereocenters. The summed E-state index contributed by atoms with van der Waals surface area (Å²) in [4.78, 5) is 10.2. The van der Waals surface area contributed by atoms with Gasteiger partial charge in [-0.05, 0) is 28.1 Å². The molecule has 0 spiro atoms. The van der Waals surface area contributed by atoms with Crippen LogP contribution >= 0.6 is 15.9 Å². The average Bonchev–Trinajstić information content (AvgIpc) is 2.30. The van der Waals surface area contributed by atoms with Gasteiger partial charge in [-0.1, -0.05) is 0 Å². The number of esters is 1. The van der Waals surface area contributed by atoms with Crippen LogP contribution in [0.3, 0.4) is 0 Å². The van der Waals surface area contributed by atoms with E-state index in [9.17, 15) is 17.6 Å². The molecule has 3 N–H and O–H groups in total. The van der Waals surface area contributed by atoms with Gasteiger partial charge >= 0.3 is 5.97 Å². The van der Waals surface area contributed by atoms with Crippen molar-refractivity contribution in [1.82, 2.24) is 4.72 Å². The van der Waals surface area contributed by atoms with Crippen molar-refractivity contribution >= 4 is 37.6 Å². The van der Waals surface area contributed by atoms with Gasteiger partial charge in [0.1, 0.15) is 11.4 Å².